The van der Waals surface area contributed by atoms with Gasteiger partial charge in [0.1, 0.15) is 11.7 Å². The van der Waals surface area contributed by atoms with Gasteiger partial charge in [0.25, 0.3) is 5.91 Å². The summed E-state index contributed by atoms with van der Waals surface area (Å²) in [5.41, 5.74) is 2.26. The number of amides is 1. The third-order valence-electron chi connectivity index (χ3n) is 5.01. The second-order valence-electron chi connectivity index (χ2n) is 7.28. The minimum atomic E-state index is -0.560. The van der Waals surface area contributed by atoms with Gasteiger partial charge in [-0.15, -0.1) is 0 Å². The summed E-state index contributed by atoms with van der Waals surface area (Å²) in [7, 11) is 0. The molecule has 5 nitrogen and oxygen atoms in total. The van der Waals surface area contributed by atoms with Crippen LogP contribution in [-0.2, 0) is 6.42 Å². The molecule has 0 aliphatic carbocycles. The Hall–Kier alpha value is -3.51. The van der Waals surface area contributed by atoms with Gasteiger partial charge in [0.2, 0.25) is 0 Å². The quantitative estimate of drug-likeness (QED) is 0.253. The largest absolute Gasteiger partial charge is 0.353 e. The zero-order chi connectivity index (χ0) is 22.0. The van der Waals surface area contributed by atoms with E-state index in [2.05, 4.69) is 5.32 Å². The number of amidine groups is 1. The number of carbonyl (C=O) groups excluding carboxylic acids is 2. The van der Waals surface area contributed by atoms with Gasteiger partial charge in [-0.05, 0) is 42.0 Å². The zero-order valence-corrected chi connectivity index (χ0v) is 17.2. The molecule has 0 spiro atoms. The third kappa shape index (κ3) is 4.98. The summed E-state index contributed by atoms with van der Waals surface area (Å²) in [6, 6.07) is 17.2. The topological polar surface area (TPSA) is 73.0 Å². The van der Waals surface area contributed by atoms with Gasteiger partial charge in [-0.1, -0.05) is 41.9 Å². The van der Waals surface area contributed by atoms with Crippen LogP contribution in [0.1, 0.15) is 31.8 Å². The van der Waals surface area contributed by atoms with Gasteiger partial charge >= 0.3 is 0 Å². The van der Waals surface area contributed by atoms with Crippen LogP contribution in [0.15, 0.2) is 66.7 Å². The van der Waals surface area contributed by atoms with Gasteiger partial charge in [-0.25, -0.2) is 4.39 Å². The summed E-state index contributed by atoms with van der Waals surface area (Å²) in [6.45, 7) is 1.76. The third-order valence-corrected chi connectivity index (χ3v) is 5.27. The van der Waals surface area contributed by atoms with Crippen molar-refractivity contribution in [2.24, 2.45) is 0 Å². The molecule has 0 unspecified atom stereocenters. The summed E-state index contributed by atoms with van der Waals surface area (Å²) >= 11 is 5.86. The molecule has 1 amide bonds. The molecule has 1 aliphatic heterocycles. The number of Topliss-reactive ketones (excluding diaryl/α,β-unsaturated/α-hetero) is 1. The minimum absolute atomic E-state index is 0.0490. The molecule has 1 aliphatic rings. The average molecular weight is 436 g/mol. The van der Waals surface area contributed by atoms with E-state index in [9.17, 15) is 14.0 Å². The van der Waals surface area contributed by atoms with Crippen molar-refractivity contribution in [1.82, 2.24) is 4.90 Å². The standard InChI is InChI=1S/C24H19ClFN3O2/c25-18-6-9-20(10-7-18)28-24(31)21-14-19(26)8-5-17(21)13-22(30)15-1-3-16(4-2-15)23(27)29-11-12-29/h1-10,14,27H,11-13H2,(H,28,31). The van der Waals surface area contributed by atoms with E-state index in [1.165, 1.54) is 12.1 Å². The van der Waals surface area contributed by atoms with E-state index < -0.39 is 11.7 Å². The summed E-state index contributed by atoms with van der Waals surface area (Å²) < 4.78 is 13.8. The average Bonchev–Trinajstić information content (AvgIpc) is 3.61. The first-order chi connectivity index (χ1) is 14.9. The van der Waals surface area contributed by atoms with Crippen LogP contribution in [-0.4, -0.2) is 35.5 Å². The second-order valence-corrected chi connectivity index (χ2v) is 7.71. The Morgan fingerprint density at radius 1 is 0.968 bits per heavy atom. The van der Waals surface area contributed by atoms with E-state index in [1.807, 2.05) is 4.90 Å². The van der Waals surface area contributed by atoms with E-state index >= 15 is 0 Å². The minimum Gasteiger partial charge on any atom is -0.353 e. The Morgan fingerprint density at radius 3 is 2.26 bits per heavy atom. The van der Waals surface area contributed by atoms with Crippen LogP contribution in [0.5, 0.6) is 0 Å². The fourth-order valence-corrected chi connectivity index (χ4v) is 3.32. The lowest BCUT2D eigenvalue weighted by atomic mass is 9.97. The van der Waals surface area contributed by atoms with Crippen molar-refractivity contribution < 1.29 is 14.0 Å². The number of halogens is 2. The first-order valence-electron chi connectivity index (χ1n) is 9.73. The summed E-state index contributed by atoms with van der Waals surface area (Å²) in [6.07, 6.45) is -0.0490. The summed E-state index contributed by atoms with van der Waals surface area (Å²) in [5.74, 6) is -0.821. The Balaban J connectivity index is 1.51. The molecule has 3 aromatic carbocycles. The number of ketones is 1. The maximum absolute atomic E-state index is 13.8. The Kier molecular flexibility index (Phi) is 5.82. The van der Waals surface area contributed by atoms with Gasteiger partial charge in [-0.3, -0.25) is 15.0 Å². The second kappa shape index (κ2) is 8.70. The fraction of sp³-hybridized carbons (Fsp3) is 0.125. The SMILES string of the molecule is N=C(c1ccc(C(=O)Cc2ccc(F)cc2C(=O)Nc2ccc(Cl)cc2)cc1)N1CC1. The monoisotopic (exact) mass is 435 g/mol. The first kappa shape index (κ1) is 20.8. The van der Waals surface area contributed by atoms with Crippen LogP contribution >= 0.6 is 11.6 Å². The van der Waals surface area contributed by atoms with Crippen LogP contribution in [0.2, 0.25) is 5.02 Å². The van der Waals surface area contributed by atoms with Crippen molar-refractivity contribution in [2.75, 3.05) is 18.4 Å². The predicted octanol–water partition coefficient (Wildman–Crippen LogP) is 4.80. The van der Waals surface area contributed by atoms with Crippen LogP contribution in [0.4, 0.5) is 10.1 Å². The molecular weight excluding hydrogens is 417 g/mol. The molecule has 0 bridgehead atoms. The van der Waals surface area contributed by atoms with E-state index in [-0.39, 0.29) is 17.8 Å². The molecule has 1 saturated heterocycles. The molecule has 7 heteroatoms. The zero-order valence-electron chi connectivity index (χ0n) is 16.5. The van der Waals surface area contributed by atoms with E-state index in [0.717, 1.165) is 24.7 Å². The molecule has 0 atom stereocenters. The molecular formula is C24H19ClFN3O2. The van der Waals surface area contributed by atoms with E-state index in [4.69, 9.17) is 17.0 Å². The van der Waals surface area contributed by atoms with E-state index in [0.29, 0.717) is 27.7 Å². The molecule has 0 aromatic heterocycles. The molecule has 4 rings (SSSR count). The summed E-state index contributed by atoms with van der Waals surface area (Å²) in [4.78, 5) is 27.4. The lowest BCUT2D eigenvalue weighted by Gasteiger charge is -2.11. The highest BCUT2D eigenvalue weighted by Crippen LogP contribution is 2.19. The normalized spacial score (nSPS) is 12.4. The molecule has 31 heavy (non-hydrogen) atoms. The Morgan fingerprint density at radius 2 is 1.61 bits per heavy atom. The Labute approximate surface area is 184 Å². The molecule has 156 valence electrons. The smallest absolute Gasteiger partial charge is 0.256 e. The van der Waals surface area contributed by atoms with Gasteiger partial charge in [-0.2, -0.15) is 0 Å². The highest BCUT2D eigenvalue weighted by atomic mass is 35.5. The van der Waals surface area contributed by atoms with Crippen molar-refractivity contribution in [1.29, 1.82) is 5.41 Å². The number of hydrogen-bond acceptors (Lipinski definition) is 3. The Bertz CT molecular complexity index is 1160. The van der Waals surface area contributed by atoms with Crippen LogP contribution < -0.4 is 5.32 Å². The number of nitrogens with one attached hydrogen (secondary N) is 2. The van der Waals surface area contributed by atoms with Gasteiger partial charge < -0.3 is 10.2 Å². The molecule has 1 heterocycles. The van der Waals surface area contributed by atoms with Crippen molar-refractivity contribution >= 4 is 34.8 Å². The van der Waals surface area contributed by atoms with Crippen LogP contribution in [0, 0.1) is 11.2 Å². The number of carbonyl (C=O) groups is 2. The highest BCUT2D eigenvalue weighted by Gasteiger charge is 2.22. The molecule has 0 saturated carbocycles. The van der Waals surface area contributed by atoms with Crippen molar-refractivity contribution in [3.63, 3.8) is 0 Å². The maximum Gasteiger partial charge on any atom is 0.256 e. The van der Waals surface area contributed by atoms with Crippen LogP contribution in [0.3, 0.4) is 0 Å². The lowest BCUT2D eigenvalue weighted by Crippen LogP contribution is -2.16. The number of rotatable bonds is 6. The number of nitrogens with zero attached hydrogens (tertiary/aromatic N) is 1. The van der Waals surface area contributed by atoms with Crippen molar-refractivity contribution in [3.05, 3.63) is 99.8 Å². The molecule has 3 aromatic rings. The number of benzene rings is 3. The van der Waals surface area contributed by atoms with Crippen molar-refractivity contribution in [2.45, 2.75) is 6.42 Å². The van der Waals surface area contributed by atoms with Crippen molar-refractivity contribution in [3.8, 4) is 0 Å². The van der Waals surface area contributed by atoms with E-state index in [1.54, 1.807) is 48.5 Å². The number of hydrogen-bond donors (Lipinski definition) is 2. The number of anilines is 1. The van der Waals surface area contributed by atoms with Gasteiger partial charge in [0.05, 0.1) is 0 Å². The predicted molar refractivity (Wildman–Crippen MR) is 119 cm³/mol. The van der Waals surface area contributed by atoms with Gasteiger partial charge in [0, 0.05) is 46.9 Å². The molecule has 1 fully saturated rings. The fourth-order valence-electron chi connectivity index (χ4n) is 3.19. The molecule has 2 N–H and O–H groups in total. The first-order valence-corrected chi connectivity index (χ1v) is 10.1. The molecule has 0 radical (unpaired) electrons. The summed E-state index contributed by atoms with van der Waals surface area (Å²) in [5, 5.41) is 11.3. The maximum atomic E-state index is 13.8. The lowest BCUT2D eigenvalue weighted by molar-refractivity contribution is 0.0992. The van der Waals surface area contributed by atoms with Crippen LogP contribution in [0.25, 0.3) is 0 Å². The van der Waals surface area contributed by atoms with Gasteiger partial charge in [0.15, 0.2) is 5.78 Å². The highest BCUT2D eigenvalue weighted by molar-refractivity contribution is 6.30.